The lowest BCUT2D eigenvalue weighted by Crippen LogP contribution is -2.32. The third-order valence-corrected chi connectivity index (χ3v) is 5.04. The summed E-state index contributed by atoms with van der Waals surface area (Å²) in [6, 6.07) is 0. The number of fused-ring (bicyclic) bond motifs is 1. The molecule has 1 amide bonds. The molecule has 4 N–H and O–H groups in total. The van der Waals surface area contributed by atoms with Crippen molar-refractivity contribution in [2.75, 3.05) is 12.3 Å². The van der Waals surface area contributed by atoms with Gasteiger partial charge in [0, 0.05) is 18.9 Å². The lowest BCUT2D eigenvalue weighted by molar-refractivity contribution is 0.0914. The number of thiophene rings is 1. The van der Waals surface area contributed by atoms with Crippen LogP contribution in [0.2, 0.25) is 0 Å². The normalized spacial score (nSPS) is 22.3. The van der Waals surface area contributed by atoms with Gasteiger partial charge in [0.2, 0.25) is 0 Å². The molecule has 2 aromatic heterocycles. The highest BCUT2D eigenvalue weighted by molar-refractivity contribution is 7.21. The number of rotatable bonds is 3. The third-order valence-electron chi connectivity index (χ3n) is 3.94. The molecule has 0 atom stereocenters. The Labute approximate surface area is 126 Å². The summed E-state index contributed by atoms with van der Waals surface area (Å²) in [4.78, 5) is 21.7. The van der Waals surface area contributed by atoms with E-state index in [9.17, 15) is 9.90 Å². The molecule has 0 spiro atoms. The number of nitrogen functional groups attached to an aromatic ring is 1. The number of aliphatic hydroxyl groups is 1. The van der Waals surface area contributed by atoms with Crippen LogP contribution in [0, 0.1) is 5.92 Å². The average molecular weight is 306 g/mol. The van der Waals surface area contributed by atoms with Crippen molar-refractivity contribution >= 4 is 33.3 Å². The molecule has 7 heteroatoms. The molecule has 0 aromatic carbocycles. The van der Waals surface area contributed by atoms with Crippen LogP contribution in [-0.2, 0) is 0 Å². The number of nitrogens with two attached hydrogens (primary N) is 1. The summed E-state index contributed by atoms with van der Waals surface area (Å²) in [7, 11) is 0. The van der Waals surface area contributed by atoms with Gasteiger partial charge in [0.1, 0.15) is 15.2 Å². The standard InChI is InChI=1S/C14H18N4O2S/c15-10-11-14(17-6-5-16-11)21-12(10)13(20)18-7-8-1-3-9(19)4-2-8/h5-6,8-9,19H,1-4,7,15H2,(H,18,20). The Morgan fingerprint density at radius 1 is 1.33 bits per heavy atom. The Kier molecular flexibility index (Phi) is 4.03. The molecule has 3 rings (SSSR count). The lowest BCUT2D eigenvalue weighted by Gasteiger charge is -2.25. The molecule has 112 valence electrons. The van der Waals surface area contributed by atoms with Crippen LogP contribution in [0.1, 0.15) is 35.4 Å². The van der Waals surface area contributed by atoms with Gasteiger partial charge in [0.15, 0.2) is 0 Å². The van der Waals surface area contributed by atoms with Gasteiger partial charge in [-0.05, 0) is 31.6 Å². The highest BCUT2D eigenvalue weighted by Crippen LogP contribution is 2.30. The molecule has 1 fully saturated rings. The van der Waals surface area contributed by atoms with Gasteiger partial charge in [-0.15, -0.1) is 11.3 Å². The molecule has 0 bridgehead atoms. The number of nitrogens with zero attached hydrogens (tertiary/aromatic N) is 2. The fourth-order valence-electron chi connectivity index (χ4n) is 2.68. The van der Waals surface area contributed by atoms with Gasteiger partial charge in [-0.3, -0.25) is 4.79 Å². The number of carbonyl (C=O) groups excluding carboxylic acids is 1. The third kappa shape index (κ3) is 2.98. The average Bonchev–Trinajstić information content (AvgIpc) is 2.84. The van der Waals surface area contributed by atoms with Crippen LogP contribution in [0.4, 0.5) is 5.69 Å². The van der Waals surface area contributed by atoms with Gasteiger partial charge in [0.05, 0.1) is 11.8 Å². The maximum Gasteiger partial charge on any atom is 0.263 e. The molecule has 1 saturated carbocycles. The first-order valence-electron chi connectivity index (χ1n) is 7.10. The predicted molar refractivity (Wildman–Crippen MR) is 82.1 cm³/mol. The Balaban J connectivity index is 1.65. The van der Waals surface area contributed by atoms with Crippen molar-refractivity contribution < 1.29 is 9.90 Å². The summed E-state index contributed by atoms with van der Waals surface area (Å²) in [6.45, 7) is 0.625. The Hall–Kier alpha value is -1.73. The summed E-state index contributed by atoms with van der Waals surface area (Å²) in [5.41, 5.74) is 6.97. The lowest BCUT2D eigenvalue weighted by atomic mass is 9.87. The second-order valence-electron chi connectivity index (χ2n) is 5.44. The minimum absolute atomic E-state index is 0.163. The zero-order chi connectivity index (χ0) is 14.8. The maximum atomic E-state index is 12.3. The van der Waals surface area contributed by atoms with Gasteiger partial charge in [-0.1, -0.05) is 0 Å². The fourth-order valence-corrected chi connectivity index (χ4v) is 3.62. The molecule has 0 radical (unpaired) electrons. The summed E-state index contributed by atoms with van der Waals surface area (Å²) >= 11 is 1.27. The second-order valence-corrected chi connectivity index (χ2v) is 6.44. The monoisotopic (exact) mass is 306 g/mol. The number of hydrogen-bond acceptors (Lipinski definition) is 6. The molecule has 1 aliphatic carbocycles. The van der Waals surface area contributed by atoms with Crippen LogP contribution in [0.15, 0.2) is 12.4 Å². The van der Waals surface area contributed by atoms with Crippen LogP contribution in [-0.4, -0.2) is 33.6 Å². The number of amides is 1. The first kappa shape index (κ1) is 14.2. The van der Waals surface area contributed by atoms with E-state index in [0.29, 0.717) is 33.4 Å². The van der Waals surface area contributed by atoms with Crippen molar-refractivity contribution in [2.45, 2.75) is 31.8 Å². The van der Waals surface area contributed by atoms with Crippen molar-refractivity contribution in [2.24, 2.45) is 5.92 Å². The van der Waals surface area contributed by atoms with E-state index in [1.807, 2.05) is 0 Å². The summed E-state index contributed by atoms with van der Waals surface area (Å²) in [6.07, 6.45) is 6.53. The van der Waals surface area contributed by atoms with Crippen LogP contribution in [0.3, 0.4) is 0 Å². The van der Waals surface area contributed by atoms with Gasteiger partial charge < -0.3 is 16.2 Å². The Bertz CT molecular complexity index is 649. The molecular formula is C14H18N4O2S. The SMILES string of the molecule is Nc1c(C(=O)NCC2CCC(O)CC2)sc2nccnc12. The minimum atomic E-state index is -0.174. The summed E-state index contributed by atoms with van der Waals surface area (Å²) in [5, 5.41) is 12.4. The number of hydrogen-bond donors (Lipinski definition) is 3. The number of aliphatic hydroxyl groups excluding tert-OH is 1. The largest absolute Gasteiger partial charge is 0.396 e. The van der Waals surface area contributed by atoms with Crippen LogP contribution >= 0.6 is 11.3 Å². The highest BCUT2D eigenvalue weighted by atomic mass is 32.1. The van der Waals surface area contributed by atoms with Crippen LogP contribution < -0.4 is 11.1 Å². The first-order chi connectivity index (χ1) is 10.1. The predicted octanol–water partition coefficient (Wildman–Crippen LogP) is 1.55. The highest BCUT2D eigenvalue weighted by Gasteiger charge is 2.22. The van der Waals surface area contributed by atoms with Gasteiger partial charge in [-0.2, -0.15) is 0 Å². The van der Waals surface area contributed by atoms with E-state index in [-0.39, 0.29) is 12.0 Å². The second kappa shape index (κ2) is 5.95. The molecule has 21 heavy (non-hydrogen) atoms. The number of anilines is 1. The van der Waals surface area contributed by atoms with E-state index in [1.54, 1.807) is 12.4 Å². The molecule has 6 nitrogen and oxygen atoms in total. The van der Waals surface area contributed by atoms with Crippen molar-refractivity contribution in [1.29, 1.82) is 0 Å². The van der Waals surface area contributed by atoms with Crippen molar-refractivity contribution in [3.63, 3.8) is 0 Å². The van der Waals surface area contributed by atoms with Gasteiger partial charge in [-0.25, -0.2) is 9.97 Å². The first-order valence-corrected chi connectivity index (χ1v) is 7.92. The molecule has 0 saturated heterocycles. The van der Waals surface area contributed by atoms with Gasteiger partial charge >= 0.3 is 0 Å². The topological polar surface area (TPSA) is 101 Å². The quantitative estimate of drug-likeness (QED) is 0.798. The summed E-state index contributed by atoms with van der Waals surface area (Å²) < 4.78 is 0. The van der Waals surface area contributed by atoms with E-state index < -0.39 is 0 Å². The van der Waals surface area contributed by atoms with E-state index in [2.05, 4.69) is 15.3 Å². The minimum Gasteiger partial charge on any atom is -0.396 e. The smallest absolute Gasteiger partial charge is 0.263 e. The Morgan fingerprint density at radius 3 is 2.76 bits per heavy atom. The molecule has 2 heterocycles. The van der Waals surface area contributed by atoms with E-state index in [0.717, 1.165) is 25.7 Å². The number of nitrogens with one attached hydrogen (secondary N) is 1. The maximum absolute atomic E-state index is 12.3. The van der Waals surface area contributed by atoms with E-state index in [1.165, 1.54) is 11.3 Å². The van der Waals surface area contributed by atoms with E-state index >= 15 is 0 Å². The molecule has 0 unspecified atom stereocenters. The van der Waals surface area contributed by atoms with Crippen molar-refractivity contribution in [1.82, 2.24) is 15.3 Å². The zero-order valence-electron chi connectivity index (χ0n) is 11.6. The van der Waals surface area contributed by atoms with Gasteiger partial charge in [0.25, 0.3) is 5.91 Å². The van der Waals surface area contributed by atoms with Crippen LogP contribution in [0.5, 0.6) is 0 Å². The number of carbonyl (C=O) groups is 1. The van der Waals surface area contributed by atoms with E-state index in [4.69, 9.17) is 5.73 Å². The zero-order valence-corrected chi connectivity index (χ0v) is 12.4. The van der Waals surface area contributed by atoms with Crippen molar-refractivity contribution in [3.05, 3.63) is 17.3 Å². The van der Waals surface area contributed by atoms with Crippen LogP contribution in [0.25, 0.3) is 10.3 Å². The molecule has 2 aromatic rings. The Morgan fingerprint density at radius 2 is 2.05 bits per heavy atom. The number of aromatic nitrogens is 2. The van der Waals surface area contributed by atoms with Crippen molar-refractivity contribution in [3.8, 4) is 0 Å². The molecule has 0 aliphatic heterocycles. The summed E-state index contributed by atoms with van der Waals surface area (Å²) in [5.74, 6) is 0.271. The molecular weight excluding hydrogens is 288 g/mol. The fraction of sp³-hybridized carbons (Fsp3) is 0.500. The molecule has 1 aliphatic rings.